The molecule has 1 amide bonds. The van der Waals surface area contributed by atoms with Crippen LogP contribution in [0.2, 0.25) is 0 Å². The van der Waals surface area contributed by atoms with Crippen LogP contribution in [-0.4, -0.2) is 15.7 Å². The first-order valence-corrected chi connectivity index (χ1v) is 6.72. The van der Waals surface area contributed by atoms with E-state index in [-0.39, 0.29) is 12.5 Å². The van der Waals surface area contributed by atoms with E-state index >= 15 is 0 Å². The van der Waals surface area contributed by atoms with Crippen LogP contribution in [0.3, 0.4) is 0 Å². The highest BCUT2D eigenvalue weighted by molar-refractivity contribution is 9.08. The van der Waals surface area contributed by atoms with Crippen LogP contribution in [0.4, 0.5) is 0 Å². The van der Waals surface area contributed by atoms with Gasteiger partial charge >= 0.3 is 0 Å². The minimum absolute atomic E-state index is 0.228. The van der Waals surface area contributed by atoms with Gasteiger partial charge in [-0.2, -0.15) is 0 Å². The van der Waals surface area contributed by atoms with Crippen molar-refractivity contribution in [3.05, 3.63) is 53.7 Å². The summed E-state index contributed by atoms with van der Waals surface area (Å²) >= 11 is 2.95. The molecule has 0 bridgehead atoms. The number of carbonyl (C=O) groups excluding carboxylic acids is 1. The number of carbonyl (C=O) groups is 1. The Morgan fingerprint density at radius 3 is 2.95 bits per heavy atom. The standard InChI is InChI=1S/C14H14BrN3O2/c1-3-10-5-4-6-11(14(19)16-15)12(10)9-20-13-7-8-18(2)17-13/h3-8H,1,9H2,2H3,(H,16,19). The SMILES string of the molecule is C=Cc1cccc(C(=O)NBr)c1COc1ccn(C)n1. The molecule has 1 heterocycles. The highest BCUT2D eigenvalue weighted by atomic mass is 79.9. The summed E-state index contributed by atoms with van der Waals surface area (Å²) in [7, 11) is 1.81. The highest BCUT2D eigenvalue weighted by Crippen LogP contribution is 2.19. The van der Waals surface area contributed by atoms with Crippen molar-refractivity contribution >= 4 is 28.1 Å². The number of nitrogens with zero attached hydrogens (tertiary/aromatic N) is 2. The number of halogens is 1. The zero-order valence-electron chi connectivity index (χ0n) is 11.0. The Hall–Kier alpha value is -2.08. The van der Waals surface area contributed by atoms with Gasteiger partial charge < -0.3 is 4.74 Å². The van der Waals surface area contributed by atoms with Gasteiger partial charge in [0.2, 0.25) is 5.88 Å². The predicted octanol–water partition coefficient (Wildman–Crippen LogP) is 2.68. The number of ether oxygens (including phenoxy) is 1. The predicted molar refractivity (Wildman–Crippen MR) is 80.5 cm³/mol. The van der Waals surface area contributed by atoms with E-state index in [0.717, 1.165) is 11.1 Å². The Morgan fingerprint density at radius 1 is 1.55 bits per heavy atom. The van der Waals surface area contributed by atoms with E-state index in [0.29, 0.717) is 11.4 Å². The van der Waals surface area contributed by atoms with Crippen LogP contribution in [0, 0.1) is 0 Å². The van der Waals surface area contributed by atoms with Crippen molar-refractivity contribution < 1.29 is 9.53 Å². The summed E-state index contributed by atoms with van der Waals surface area (Å²) in [5.41, 5.74) is 2.16. The lowest BCUT2D eigenvalue weighted by molar-refractivity contribution is 0.0984. The summed E-state index contributed by atoms with van der Waals surface area (Å²) < 4.78 is 9.71. The molecule has 0 radical (unpaired) electrons. The number of benzene rings is 1. The minimum Gasteiger partial charge on any atom is -0.472 e. The maximum absolute atomic E-state index is 11.9. The largest absolute Gasteiger partial charge is 0.472 e. The topological polar surface area (TPSA) is 56.1 Å². The van der Waals surface area contributed by atoms with Gasteiger partial charge in [-0.15, -0.1) is 5.10 Å². The van der Waals surface area contributed by atoms with Crippen molar-refractivity contribution in [3.63, 3.8) is 0 Å². The zero-order valence-corrected chi connectivity index (χ0v) is 12.6. The van der Waals surface area contributed by atoms with Gasteiger partial charge in [-0.3, -0.25) is 13.8 Å². The summed E-state index contributed by atoms with van der Waals surface area (Å²) in [6.45, 7) is 4.00. The first kappa shape index (κ1) is 14.3. The quantitative estimate of drug-likeness (QED) is 0.854. The fourth-order valence-corrected chi connectivity index (χ4v) is 2.05. The molecule has 2 rings (SSSR count). The Morgan fingerprint density at radius 2 is 2.35 bits per heavy atom. The second-order valence-corrected chi connectivity index (χ2v) is 4.51. The molecule has 0 aliphatic heterocycles. The summed E-state index contributed by atoms with van der Waals surface area (Å²) in [5.74, 6) is 0.282. The first-order valence-electron chi connectivity index (χ1n) is 5.93. The van der Waals surface area contributed by atoms with Gasteiger partial charge in [-0.25, -0.2) is 0 Å². The van der Waals surface area contributed by atoms with Crippen LogP contribution >= 0.6 is 16.1 Å². The van der Waals surface area contributed by atoms with Gasteiger partial charge in [0.1, 0.15) is 6.61 Å². The lowest BCUT2D eigenvalue weighted by Crippen LogP contribution is -2.16. The molecule has 0 saturated heterocycles. The van der Waals surface area contributed by atoms with Crippen LogP contribution in [0.5, 0.6) is 5.88 Å². The van der Waals surface area contributed by atoms with E-state index in [1.807, 2.05) is 13.1 Å². The summed E-state index contributed by atoms with van der Waals surface area (Å²) in [6, 6.07) is 7.19. The molecule has 2 aromatic rings. The molecule has 0 aliphatic carbocycles. The molecule has 0 atom stereocenters. The fourth-order valence-electron chi connectivity index (χ4n) is 1.84. The van der Waals surface area contributed by atoms with Gasteiger partial charge in [0.25, 0.3) is 5.91 Å². The minimum atomic E-state index is -0.228. The van der Waals surface area contributed by atoms with E-state index in [1.165, 1.54) is 0 Å². The lowest BCUT2D eigenvalue weighted by Gasteiger charge is -2.11. The molecule has 0 saturated carbocycles. The van der Waals surface area contributed by atoms with Crippen molar-refractivity contribution in [2.24, 2.45) is 7.05 Å². The monoisotopic (exact) mass is 335 g/mol. The second kappa shape index (κ2) is 6.38. The van der Waals surface area contributed by atoms with Crippen LogP contribution in [0.15, 0.2) is 37.0 Å². The van der Waals surface area contributed by atoms with Crippen molar-refractivity contribution in [1.29, 1.82) is 0 Å². The van der Waals surface area contributed by atoms with Gasteiger partial charge in [-0.1, -0.05) is 24.8 Å². The number of aromatic nitrogens is 2. The second-order valence-electron chi connectivity index (χ2n) is 4.12. The average molecular weight is 336 g/mol. The molecule has 0 fully saturated rings. The molecule has 20 heavy (non-hydrogen) atoms. The van der Waals surface area contributed by atoms with Crippen molar-refractivity contribution in [2.45, 2.75) is 6.61 Å². The number of rotatable bonds is 5. The number of hydrogen-bond acceptors (Lipinski definition) is 3. The summed E-state index contributed by atoms with van der Waals surface area (Å²) in [5, 5.41) is 4.13. The van der Waals surface area contributed by atoms with E-state index in [2.05, 4.69) is 32.2 Å². The first-order chi connectivity index (χ1) is 9.65. The van der Waals surface area contributed by atoms with Gasteiger partial charge in [0.15, 0.2) is 0 Å². The van der Waals surface area contributed by atoms with Crippen LogP contribution in [0.25, 0.3) is 6.08 Å². The van der Waals surface area contributed by atoms with E-state index < -0.39 is 0 Å². The van der Waals surface area contributed by atoms with Crippen molar-refractivity contribution in [1.82, 2.24) is 14.1 Å². The summed E-state index contributed by atoms with van der Waals surface area (Å²) in [4.78, 5) is 11.9. The third-order valence-electron chi connectivity index (χ3n) is 2.82. The Balaban J connectivity index is 2.28. The van der Waals surface area contributed by atoms with E-state index in [1.54, 1.807) is 35.2 Å². The van der Waals surface area contributed by atoms with Crippen molar-refractivity contribution in [2.75, 3.05) is 0 Å². The third-order valence-corrected chi connectivity index (χ3v) is 3.18. The van der Waals surface area contributed by atoms with Crippen LogP contribution < -0.4 is 9.08 Å². The fraction of sp³-hybridized carbons (Fsp3) is 0.143. The molecule has 0 unspecified atom stereocenters. The smallest absolute Gasteiger partial charge is 0.261 e. The normalized spacial score (nSPS) is 10.1. The van der Waals surface area contributed by atoms with Crippen LogP contribution in [-0.2, 0) is 13.7 Å². The molecule has 5 nitrogen and oxygen atoms in total. The molecule has 0 aliphatic rings. The molecule has 1 N–H and O–H groups in total. The molecular formula is C14H14BrN3O2. The van der Waals surface area contributed by atoms with E-state index in [9.17, 15) is 4.79 Å². The molecule has 0 spiro atoms. The Kier molecular flexibility index (Phi) is 4.57. The average Bonchev–Trinajstić information content (AvgIpc) is 2.89. The number of aryl methyl sites for hydroxylation is 1. The molecule has 104 valence electrons. The molecule has 1 aromatic carbocycles. The lowest BCUT2D eigenvalue weighted by atomic mass is 10.0. The van der Waals surface area contributed by atoms with Crippen LogP contribution in [0.1, 0.15) is 21.5 Å². The third kappa shape index (κ3) is 3.08. The van der Waals surface area contributed by atoms with Gasteiger partial charge in [-0.05, 0) is 11.6 Å². The van der Waals surface area contributed by atoms with Gasteiger partial charge in [0, 0.05) is 46.6 Å². The Labute approximate surface area is 125 Å². The summed E-state index contributed by atoms with van der Waals surface area (Å²) in [6.07, 6.45) is 3.49. The van der Waals surface area contributed by atoms with Crippen molar-refractivity contribution in [3.8, 4) is 5.88 Å². The highest BCUT2D eigenvalue weighted by Gasteiger charge is 2.14. The Bertz CT molecular complexity index is 637. The number of hydrogen-bond donors (Lipinski definition) is 1. The number of nitrogens with one attached hydrogen (secondary N) is 1. The molecular weight excluding hydrogens is 322 g/mol. The zero-order chi connectivity index (χ0) is 14.5. The maximum Gasteiger partial charge on any atom is 0.261 e. The van der Waals surface area contributed by atoms with E-state index in [4.69, 9.17) is 4.74 Å². The maximum atomic E-state index is 11.9. The number of amides is 1. The molecule has 1 aromatic heterocycles. The molecule has 6 heteroatoms. The van der Waals surface area contributed by atoms with Gasteiger partial charge in [0.05, 0.1) is 0 Å².